The molecule has 1 fully saturated rings. The van der Waals surface area contributed by atoms with Gasteiger partial charge in [0.1, 0.15) is 11.6 Å². The molecule has 5 heteroatoms. The van der Waals surface area contributed by atoms with Crippen LogP contribution in [0.1, 0.15) is 26.2 Å². The molecule has 0 aromatic rings. The van der Waals surface area contributed by atoms with Gasteiger partial charge in [0.2, 0.25) is 0 Å². The first-order valence-corrected chi connectivity index (χ1v) is 5.11. The van der Waals surface area contributed by atoms with E-state index in [0.717, 1.165) is 6.42 Å². The Morgan fingerprint density at radius 1 is 1.69 bits per heavy atom. The predicted octanol–water partition coefficient (Wildman–Crippen LogP) is 0.148. The monoisotopic (exact) mass is 225 g/mol. The smallest absolute Gasteiger partial charge is 0.327 e. The molecule has 1 amide bonds. The number of carboxylic acids is 1. The number of rotatable bonds is 4. The highest BCUT2D eigenvalue weighted by atomic mass is 16.5. The first-order valence-electron chi connectivity index (χ1n) is 5.11. The van der Waals surface area contributed by atoms with Gasteiger partial charge >= 0.3 is 5.97 Å². The van der Waals surface area contributed by atoms with Gasteiger partial charge in [0.15, 0.2) is 0 Å². The van der Waals surface area contributed by atoms with Crippen LogP contribution in [0.15, 0.2) is 0 Å². The minimum Gasteiger partial charge on any atom is -0.480 e. The lowest BCUT2D eigenvalue weighted by Gasteiger charge is -2.23. The van der Waals surface area contributed by atoms with Crippen molar-refractivity contribution in [2.75, 3.05) is 6.61 Å². The minimum atomic E-state index is -1.13. The molecule has 0 radical (unpaired) electrons. The molecular weight excluding hydrogens is 210 g/mol. The molecule has 1 aliphatic heterocycles. The van der Waals surface area contributed by atoms with Gasteiger partial charge in [-0.05, 0) is 19.8 Å². The predicted molar refractivity (Wildman–Crippen MR) is 56.6 cm³/mol. The topological polar surface area (TPSA) is 75.6 Å². The molecule has 88 valence electrons. The van der Waals surface area contributed by atoms with Crippen LogP contribution in [-0.2, 0) is 14.3 Å². The van der Waals surface area contributed by atoms with Gasteiger partial charge < -0.3 is 15.2 Å². The van der Waals surface area contributed by atoms with Crippen LogP contribution in [0.5, 0.6) is 0 Å². The van der Waals surface area contributed by atoms with Crippen molar-refractivity contribution >= 4 is 11.9 Å². The Bertz CT molecular complexity index is 325. The zero-order valence-corrected chi connectivity index (χ0v) is 9.16. The van der Waals surface area contributed by atoms with E-state index in [2.05, 4.69) is 11.2 Å². The van der Waals surface area contributed by atoms with Crippen molar-refractivity contribution in [1.29, 1.82) is 0 Å². The summed E-state index contributed by atoms with van der Waals surface area (Å²) >= 11 is 0. The van der Waals surface area contributed by atoms with E-state index in [-0.39, 0.29) is 6.42 Å². The first kappa shape index (κ1) is 12.5. The summed E-state index contributed by atoms with van der Waals surface area (Å²) in [4.78, 5) is 22.6. The SMILES string of the molecule is C#CCC(NC(=O)C1(C)CCCO1)C(=O)O. The standard InChI is InChI=1S/C11H15NO4/c1-3-5-8(9(13)14)12-10(15)11(2)6-4-7-16-11/h1,8H,4-7H2,2H3,(H,12,15)(H,13,14). The lowest BCUT2D eigenvalue weighted by atomic mass is 10.0. The zero-order chi connectivity index (χ0) is 12.2. The Hall–Kier alpha value is -1.54. The molecule has 0 bridgehead atoms. The molecule has 0 aromatic heterocycles. The number of carbonyl (C=O) groups is 2. The molecule has 2 N–H and O–H groups in total. The summed E-state index contributed by atoms with van der Waals surface area (Å²) in [5.74, 6) is 0.680. The fourth-order valence-corrected chi connectivity index (χ4v) is 1.59. The average molecular weight is 225 g/mol. The molecule has 1 rings (SSSR count). The minimum absolute atomic E-state index is 0.0306. The molecule has 2 atom stereocenters. The molecule has 0 spiro atoms. The average Bonchev–Trinajstić information content (AvgIpc) is 2.65. The first-order chi connectivity index (χ1) is 7.49. The third-order valence-corrected chi connectivity index (χ3v) is 2.62. The van der Waals surface area contributed by atoms with Crippen LogP contribution in [0.4, 0.5) is 0 Å². The normalized spacial score (nSPS) is 25.8. The van der Waals surface area contributed by atoms with Crippen molar-refractivity contribution in [3.8, 4) is 12.3 Å². The summed E-state index contributed by atoms with van der Waals surface area (Å²) in [7, 11) is 0. The summed E-state index contributed by atoms with van der Waals surface area (Å²) in [6, 6.07) is -1.04. The fourth-order valence-electron chi connectivity index (χ4n) is 1.59. The fraction of sp³-hybridized carbons (Fsp3) is 0.636. The Balaban J connectivity index is 2.61. The van der Waals surface area contributed by atoms with Crippen LogP contribution in [-0.4, -0.2) is 35.2 Å². The molecule has 16 heavy (non-hydrogen) atoms. The summed E-state index contributed by atoms with van der Waals surface area (Å²) in [5, 5.41) is 11.2. The van der Waals surface area contributed by atoms with Gasteiger partial charge in [-0.15, -0.1) is 12.3 Å². The van der Waals surface area contributed by atoms with Gasteiger partial charge in [-0.3, -0.25) is 4.79 Å². The number of terminal acetylenes is 1. The third-order valence-electron chi connectivity index (χ3n) is 2.62. The number of amides is 1. The van der Waals surface area contributed by atoms with Crippen molar-refractivity contribution in [3.05, 3.63) is 0 Å². The van der Waals surface area contributed by atoms with E-state index in [1.165, 1.54) is 0 Å². The van der Waals surface area contributed by atoms with Crippen LogP contribution >= 0.6 is 0 Å². The van der Waals surface area contributed by atoms with E-state index in [1.807, 2.05) is 0 Å². The molecule has 0 aromatic carbocycles. The molecule has 0 aliphatic carbocycles. The van der Waals surface area contributed by atoms with Crippen LogP contribution in [0.3, 0.4) is 0 Å². The third kappa shape index (κ3) is 2.74. The number of hydrogen-bond donors (Lipinski definition) is 2. The summed E-state index contributed by atoms with van der Waals surface area (Å²) in [6.07, 6.45) is 6.40. The van der Waals surface area contributed by atoms with Gasteiger partial charge in [0, 0.05) is 13.0 Å². The molecule has 5 nitrogen and oxygen atoms in total. The van der Waals surface area contributed by atoms with Gasteiger partial charge in [-0.25, -0.2) is 4.79 Å². The lowest BCUT2D eigenvalue weighted by Crippen LogP contribution is -2.50. The van der Waals surface area contributed by atoms with Crippen molar-refractivity contribution in [2.24, 2.45) is 0 Å². The van der Waals surface area contributed by atoms with E-state index in [0.29, 0.717) is 13.0 Å². The van der Waals surface area contributed by atoms with Gasteiger partial charge in [0.25, 0.3) is 5.91 Å². The maximum absolute atomic E-state index is 11.8. The maximum atomic E-state index is 11.8. The largest absolute Gasteiger partial charge is 0.480 e. The lowest BCUT2D eigenvalue weighted by molar-refractivity contribution is -0.147. The van der Waals surface area contributed by atoms with Gasteiger partial charge in [-0.2, -0.15) is 0 Å². The van der Waals surface area contributed by atoms with E-state index in [9.17, 15) is 9.59 Å². The van der Waals surface area contributed by atoms with E-state index in [4.69, 9.17) is 16.3 Å². The zero-order valence-electron chi connectivity index (χ0n) is 9.16. The molecule has 2 unspecified atom stereocenters. The molecular formula is C11H15NO4. The Kier molecular flexibility index (Phi) is 3.91. The summed E-state index contributed by atoms with van der Waals surface area (Å²) < 4.78 is 5.30. The van der Waals surface area contributed by atoms with Crippen molar-refractivity contribution in [3.63, 3.8) is 0 Å². The summed E-state index contributed by atoms with van der Waals surface area (Å²) in [6.45, 7) is 2.18. The van der Waals surface area contributed by atoms with E-state index in [1.54, 1.807) is 6.92 Å². The second kappa shape index (κ2) is 4.99. The Morgan fingerprint density at radius 2 is 2.38 bits per heavy atom. The number of ether oxygens (including phenoxy) is 1. The van der Waals surface area contributed by atoms with Crippen molar-refractivity contribution in [2.45, 2.75) is 37.8 Å². The van der Waals surface area contributed by atoms with Gasteiger partial charge in [0.05, 0.1) is 0 Å². The highest BCUT2D eigenvalue weighted by molar-refractivity contribution is 5.89. The van der Waals surface area contributed by atoms with E-state index >= 15 is 0 Å². The van der Waals surface area contributed by atoms with Crippen LogP contribution in [0.25, 0.3) is 0 Å². The Labute approximate surface area is 94.2 Å². The van der Waals surface area contributed by atoms with Crippen molar-refractivity contribution < 1.29 is 19.4 Å². The van der Waals surface area contributed by atoms with E-state index < -0.39 is 23.5 Å². The molecule has 1 aliphatic rings. The van der Waals surface area contributed by atoms with Crippen LogP contribution in [0.2, 0.25) is 0 Å². The quantitative estimate of drug-likeness (QED) is 0.668. The maximum Gasteiger partial charge on any atom is 0.327 e. The molecule has 0 saturated carbocycles. The number of hydrogen-bond acceptors (Lipinski definition) is 3. The van der Waals surface area contributed by atoms with Crippen LogP contribution < -0.4 is 5.32 Å². The summed E-state index contributed by atoms with van der Waals surface area (Å²) in [5.41, 5.74) is -0.914. The molecule has 1 heterocycles. The highest BCUT2D eigenvalue weighted by Crippen LogP contribution is 2.25. The van der Waals surface area contributed by atoms with Gasteiger partial charge in [-0.1, -0.05) is 0 Å². The highest BCUT2D eigenvalue weighted by Gasteiger charge is 2.39. The number of aliphatic carboxylic acids is 1. The number of nitrogens with one attached hydrogen (secondary N) is 1. The molecule has 1 saturated heterocycles. The number of carbonyl (C=O) groups excluding carboxylic acids is 1. The van der Waals surface area contributed by atoms with Crippen LogP contribution in [0, 0.1) is 12.3 Å². The Morgan fingerprint density at radius 3 is 2.81 bits per heavy atom. The second-order valence-electron chi connectivity index (χ2n) is 3.96. The second-order valence-corrected chi connectivity index (χ2v) is 3.96. The number of carboxylic acid groups (broad SMARTS) is 1. The van der Waals surface area contributed by atoms with Crippen molar-refractivity contribution in [1.82, 2.24) is 5.32 Å².